The van der Waals surface area contributed by atoms with Crippen LogP contribution < -0.4 is 0 Å². The lowest BCUT2D eigenvalue weighted by Gasteiger charge is -2.30. The molecule has 0 radical (unpaired) electrons. The summed E-state index contributed by atoms with van der Waals surface area (Å²) in [6, 6.07) is 7.92. The first-order valence-corrected chi connectivity index (χ1v) is 5.88. The Morgan fingerprint density at radius 3 is 2.65 bits per heavy atom. The number of carboxylic acid groups (broad SMARTS) is 1. The number of aliphatic hydroxyl groups excluding tert-OH is 1. The van der Waals surface area contributed by atoms with E-state index in [0.29, 0.717) is 19.0 Å². The van der Waals surface area contributed by atoms with Crippen LogP contribution in [0.1, 0.15) is 29.9 Å². The summed E-state index contributed by atoms with van der Waals surface area (Å²) in [6.45, 7) is 1.26. The van der Waals surface area contributed by atoms with Crippen LogP contribution >= 0.6 is 0 Å². The van der Waals surface area contributed by atoms with E-state index in [4.69, 9.17) is 10.2 Å². The van der Waals surface area contributed by atoms with Crippen LogP contribution in [0.15, 0.2) is 24.3 Å². The van der Waals surface area contributed by atoms with Crippen molar-refractivity contribution in [2.24, 2.45) is 0 Å². The molecule has 17 heavy (non-hydrogen) atoms. The molecule has 0 saturated carbocycles. The summed E-state index contributed by atoms with van der Waals surface area (Å²) in [5, 5.41) is 18.0. The van der Waals surface area contributed by atoms with Crippen LogP contribution in [0.3, 0.4) is 0 Å². The second kappa shape index (κ2) is 5.19. The molecule has 0 atom stereocenters. The number of likely N-dealkylation sites (tertiary alicyclic amines) is 1. The van der Waals surface area contributed by atoms with Gasteiger partial charge in [-0.25, -0.2) is 4.79 Å². The number of rotatable bonds is 2. The van der Waals surface area contributed by atoms with Crippen LogP contribution in [0, 0.1) is 0 Å². The Morgan fingerprint density at radius 1 is 1.35 bits per heavy atom. The average molecular weight is 235 g/mol. The summed E-state index contributed by atoms with van der Waals surface area (Å²) in [5.41, 5.74) is 2.13. The average Bonchev–Trinajstić information content (AvgIpc) is 2.39. The molecular formula is C13H17NO3. The van der Waals surface area contributed by atoms with E-state index in [9.17, 15) is 4.79 Å². The number of amides is 1. The van der Waals surface area contributed by atoms with Gasteiger partial charge in [-0.05, 0) is 29.9 Å². The number of hydrogen-bond acceptors (Lipinski definition) is 2. The number of carbonyl (C=O) groups is 1. The highest BCUT2D eigenvalue weighted by atomic mass is 16.4. The molecule has 0 aromatic heterocycles. The van der Waals surface area contributed by atoms with Crippen molar-refractivity contribution < 1.29 is 15.0 Å². The van der Waals surface area contributed by atoms with Crippen molar-refractivity contribution in [3.8, 4) is 0 Å². The van der Waals surface area contributed by atoms with Crippen LogP contribution in [-0.2, 0) is 6.61 Å². The molecule has 2 N–H and O–H groups in total. The minimum atomic E-state index is -0.826. The first kappa shape index (κ1) is 11.9. The van der Waals surface area contributed by atoms with Gasteiger partial charge in [0, 0.05) is 13.1 Å². The van der Waals surface area contributed by atoms with Gasteiger partial charge in [-0.1, -0.05) is 24.3 Å². The third-order valence-corrected chi connectivity index (χ3v) is 3.37. The van der Waals surface area contributed by atoms with Gasteiger partial charge in [-0.2, -0.15) is 0 Å². The molecule has 0 unspecified atom stereocenters. The Labute approximate surface area is 100 Å². The highest BCUT2D eigenvalue weighted by Gasteiger charge is 2.23. The van der Waals surface area contributed by atoms with Crippen LogP contribution in [-0.4, -0.2) is 34.3 Å². The Kier molecular flexibility index (Phi) is 3.64. The molecule has 92 valence electrons. The molecule has 4 heteroatoms. The maximum atomic E-state index is 10.8. The van der Waals surface area contributed by atoms with Gasteiger partial charge < -0.3 is 15.1 Å². The van der Waals surface area contributed by atoms with E-state index >= 15 is 0 Å². The molecule has 1 fully saturated rings. The molecule has 0 bridgehead atoms. The zero-order valence-electron chi connectivity index (χ0n) is 9.67. The summed E-state index contributed by atoms with van der Waals surface area (Å²) in [6.07, 6.45) is 0.898. The zero-order chi connectivity index (χ0) is 12.3. The molecule has 0 spiro atoms. The molecule has 2 rings (SSSR count). The lowest BCUT2D eigenvalue weighted by molar-refractivity contribution is 0.132. The van der Waals surface area contributed by atoms with Crippen molar-refractivity contribution in [3.63, 3.8) is 0 Å². The van der Waals surface area contributed by atoms with Gasteiger partial charge in [0.15, 0.2) is 0 Å². The van der Waals surface area contributed by atoms with Crippen molar-refractivity contribution in [3.05, 3.63) is 35.4 Å². The third kappa shape index (κ3) is 2.77. The molecule has 1 aromatic carbocycles. The predicted molar refractivity (Wildman–Crippen MR) is 63.9 cm³/mol. The number of benzene rings is 1. The molecule has 1 heterocycles. The zero-order valence-corrected chi connectivity index (χ0v) is 9.67. The van der Waals surface area contributed by atoms with Crippen molar-refractivity contribution >= 4 is 6.09 Å². The van der Waals surface area contributed by atoms with E-state index in [1.807, 2.05) is 18.2 Å². The van der Waals surface area contributed by atoms with E-state index in [-0.39, 0.29) is 6.61 Å². The largest absolute Gasteiger partial charge is 0.465 e. The minimum Gasteiger partial charge on any atom is -0.465 e. The summed E-state index contributed by atoms with van der Waals surface area (Å²) in [5.74, 6) is 0.414. The fraction of sp³-hybridized carbons (Fsp3) is 0.462. The number of aliphatic hydroxyl groups is 1. The highest BCUT2D eigenvalue weighted by molar-refractivity contribution is 5.65. The van der Waals surface area contributed by atoms with E-state index < -0.39 is 6.09 Å². The van der Waals surface area contributed by atoms with Crippen molar-refractivity contribution in [2.45, 2.75) is 25.4 Å². The predicted octanol–water partition coefficient (Wildman–Crippen LogP) is 2.04. The Morgan fingerprint density at radius 2 is 2.06 bits per heavy atom. The van der Waals surface area contributed by atoms with Gasteiger partial charge in [-0.15, -0.1) is 0 Å². The number of nitrogens with zero attached hydrogens (tertiary/aromatic N) is 1. The lowest BCUT2D eigenvalue weighted by atomic mass is 9.89. The van der Waals surface area contributed by atoms with Gasteiger partial charge in [0.2, 0.25) is 0 Å². The lowest BCUT2D eigenvalue weighted by Crippen LogP contribution is -2.36. The van der Waals surface area contributed by atoms with Crippen molar-refractivity contribution in [1.82, 2.24) is 4.90 Å². The monoisotopic (exact) mass is 235 g/mol. The molecule has 1 amide bonds. The van der Waals surface area contributed by atoms with Gasteiger partial charge in [0.1, 0.15) is 0 Å². The second-order valence-corrected chi connectivity index (χ2v) is 4.45. The van der Waals surface area contributed by atoms with Crippen molar-refractivity contribution in [1.29, 1.82) is 0 Å². The summed E-state index contributed by atoms with van der Waals surface area (Å²) in [7, 11) is 0. The topological polar surface area (TPSA) is 60.8 Å². The van der Waals surface area contributed by atoms with E-state index in [0.717, 1.165) is 18.4 Å². The van der Waals surface area contributed by atoms with E-state index in [1.54, 1.807) is 0 Å². The third-order valence-electron chi connectivity index (χ3n) is 3.37. The number of piperidine rings is 1. The van der Waals surface area contributed by atoms with Crippen LogP contribution in [0.25, 0.3) is 0 Å². The molecule has 1 saturated heterocycles. The Balaban J connectivity index is 2.02. The normalized spacial score (nSPS) is 17.1. The molecule has 0 aliphatic carbocycles. The van der Waals surface area contributed by atoms with Gasteiger partial charge >= 0.3 is 6.09 Å². The summed E-state index contributed by atoms with van der Waals surface area (Å²) in [4.78, 5) is 12.3. The maximum Gasteiger partial charge on any atom is 0.407 e. The Hall–Kier alpha value is -1.55. The fourth-order valence-electron chi connectivity index (χ4n) is 2.35. The van der Waals surface area contributed by atoms with Crippen LogP contribution in [0.5, 0.6) is 0 Å². The minimum absolute atomic E-state index is 0.0574. The fourth-order valence-corrected chi connectivity index (χ4v) is 2.35. The first-order chi connectivity index (χ1) is 8.20. The first-order valence-electron chi connectivity index (χ1n) is 5.88. The van der Waals surface area contributed by atoms with Gasteiger partial charge in [0.05, 0.1) is 6.61 Å². The molecule has 1 aliphatic heterocycles. The number of hydrogen-bond donors (Lipinski definition) is 2. The smallest absolute Gasteiger partial charge is 0.407 e. The maximum absolute atomic E-state index is 10.8. The molecule has 4 nitrogen and oxygen atoms in total. The van der Waals surface area contributed by atoms with Gasteiger partial charge in [-0.3, -0.25) is 0 Å². The van der Waals surface area contributed by atoms with E-state index in [1.165, 1.54) is 10.5 Å². The Bertz CT molecular complexity index is 397. The molecule has 1 aromatic rings. The highest BCUT2D eigenvalue weighted by Crippen LogP contribution is 2.28. The SMILES string of the molecule is O=C(O)N1CCC(c2cccc(CO)c2)CC1. The van der Waals surface area contributed by atoms with Crippen LogP contribution in [0.2, 0.25) is 0 Å². The standard InChI is InChI=1S/C13H17NO3/c15-9-10-2-1-3-12(8-10)11-4-6-14(7-5-11)13(16)17/h1-3,8,11,15H,4-7,9H2,(H,16,17). The van der Waals surface area contributed by atoms with Gasteiger partial charge in [0.25, 0.3) is 0 Å². The molecular weight excluding hydrogens is 218 g/mol. The van der Waals surface area contributed by atoms with Crippen molar-refractivity contribution in [2.75, 3.05) is 13.1 Å². The van der Waals surface area contributed by atoms with Crippen LogP contribution in [0.4, 0.5) is 4.79 Å². The second-order valence-electron chi connectivity index (χ2n) is 4.45. The molecule has 1 aliphatic rings. The summed E-state index contributed by atoms with van der Waals surface area (Å²) < 4.78 is 0. The summed E-state index contributed by atoms with van der Waals surface area (Å²) >= 11 is 0. The van der Waals surface area contributed by atoms with E-state index in [2.05, 4.69) is 6.07 Å². The quantitative estimate of drug-likeness (QED) is 0.824.